The fourth-order valence-corrected chi connectivity index (χ4v) is 3.12. The summed E-state index contributed by atoms with van der Waals surface area (Å²) in [6, 6.07) is 11.8. The fraction of sp³-hybridized carbons (Fsp3) is 0.444. The van der Waals surface area contributed by atoms with E-state index in [1.54, 1.807) is 0 Å². The summed E-state index contributed by atoms with van der Waals surface area (Å²) >= 11 is 0. The highest BCUT2D eigenvalue weighted by Gasteiger charge is 2.42. The summed E-state index contributed by atoms with van der Waals surface area (Å²) in [7, 11) is 0. The topological polar surface area (TPSA) is 64.4 Å². The summed E-state index contributed by atoms with van der Waals surface area (Å²) in [5, 5.41) is 7.45. The third-order valence-electron chi connectivity index (χ3n) is 4.32. The molecule has 3 rings (SSSR count). The number of carbonyl (C=O) groups excluding carboxylic acids is 1. The van der Waals surface area contributed by atoms with Crippen LogP contribution in [0.1, 0.15) is 25.5 Å². The minimum absolute atomic E-state index is 0.148. The summed E-state index contributed by atoms with van der Waals surface area (Å²) in [6.45, 7) is 3.79. The predicted octanol–water partition coefficient (Wildman–Crippen LogP) is 2.82. The largest absolute Gasteiger partial charge is 0.466 e. The highest BCUT2D eigenvalue weighted by molar-refractivity contribution is 5.77. The first-order chi connectivity index (χ1) is 11.2. The maximum absolute atomic E-state index is 12.5. The normalized spacial score (nSPS) is 21.1. The number of aromatic nitrogens is 1. The first kappa shape index (κ1) is 15.7. The molecule has 5 heteroatoms. The Morgan fingerprint density at radius 3 is 2.91 bits per heavy atom. The Balaban J connectivity index is 1.80. The van der Waals surface area contributed by atoms with E-state index in [1.807, 2.05) is 43.3 Å². The molecule has 2 heterocycles. The van der Waals surface area contributed by atoms with Crippen molar-refractivity contribution in [3.63, 3.8) is 0 Å². The van der Waals surface area contributed by atoms with E-state index in [4.69, 9.17) is 9.26 Å². The molecular formula is C18H22N2O3. The maximum atomic E-state index is 12.5. The molecule has 5 nitrogen and oxygen atoms in total. The van der Waals surface area contributed by atoms with Crippen molar-refractivity contribution in [3.05, 3.63) is 42.2 Å². The minimum atomic E-state index is -0.554. The standard InChI is InChI=1S/C18H22N2O3/c1-2-22-17(21)18(9-6-10-19-13-18)12-15-11-16(20-23-15)14-7-4-3-5-8-14/h3-5,7-8,11,19H,2,6,9-10,12-13H2,1H3/t18-/m1/s1. The van der Waals surface area contributed by atoms with Gasteiger partial charge in [0.2, 0.25) is 0 Å². The van der Waals surface area contributed by atoms with Crippen LogP contribution in [-0.4, -0.2) is 30.8 Å². The van der Waals surface area contributed by atoms with Gasteiger partial charge in [0.15, 0.2) is 0 Å². The van der Waals surface area contributed by atoms with Crippen LogP contribution in [0.5, 0.6) is 0 Å². The lowest BCUT2D eigenvalue weighted by Gasteiger charge is -2.34. The number of nitrogens with one attached hydrogen (secondary N) is 1. The first-order valence-corrected chi connectivity index (χ1v) is 8.12. The number of esters is 1. The molecule has 122 valence electrons. The Hall–Kier alpha value is -2.14. The Kier molecular flexibility index (Phi) is 4.76. The Bertz CT molecular complexity index is 645. The molecule has 0 aliphatic carbocycles. The van der Waals surface area contributed by atoms with E-state index in [0.717, 1.165) is 36.4 Å². The van der Waals surface area contributed by atoms with Gasteiger partial charge in [0.25, 0.3) is 0 Å². The summed E-state index contributed by atoms with van der Waals surface area (Å²) < 4.78 is 10.8. The van der Waals surface area contributed by atoms with Gasteiger partial charge in [-0.1, -0.05) is 35.5 Å². The minimum Gasteiger partial charge on any atom is -0.466 e. The van der Waals surface area contributed by atoms with E-state index in [2.05, 4.69) is 10.5 Å². The predicted molar refractivity (Wildman–Crippen MR) is 86.8 cm³/mol. The van der Waals surface area contributed by atoms with Gasteiger partial charge in [0, 0.05) is 24.6 Å². The van der Waals surface area contributed by atoms with E-state index < -0.39 is 5.41 Å². The van der Waals surface area contributed by atoms with E-state index in [0.29, 0.717) is 19.6 Å². The quantitative estimate of drug-likeness (QED) is 0.860. The van der Waals surface area contributed by atoms with Crippen molar-refractivity contribution >= 4 is 5.97 Å². The van der Waals surface area contributed by atoms with Gasteiger partial charge in [-0.2, -0.15) is 0 Å². The van der Waals surface area contributed by atoms with Crippen molar-refractivity contribution in [3.8, 4) is 11.3 Å². The fourth-order valence-electron chi connectivity index (χ4n) is 3.12. The van der Waals surface area contributed by atoms with Crippen molar-refractivity contribution < 1.29 is 14.1 Å². The lowest BCUT2D eigenvalue weighted by Crippen LogP contribution is -2.47. The second-order valence-corrected chi connectivity index (χ2v) is 6.00. The number of rotatable bonds is 5. The molecule has 1 aromatic carbocycles. The molecule has 0 amide bonds. The number of benzene rings is 1. The van der Waals surface area contributed by atoms with Gasteiger partial charge in [-0.05, 0) is 26.3 Å². The smallest absolute Gasteiger partial charge is 0.313 e. The second kappa shape index (κ2) is 6.96. The number of carbonyl (C=O) groups is 1. The molecule has 1 aliphatic heterocycles. The van der Waals surface area contributed by atoms with Crippen LogP contribution < -0.4 is 5.32 Å². The van der Waals surface area contributed by atoms with Gasteiger partial charge in [0.05, 0.1) is 12.0 Å². The van der Waals surface area contributed by atoms with Crippen LogP contribution >= 0.6 is 0 Å². The molecule has 0 saturated carbocycles. The molecule has 1 aromatic heterocycles. The van der Waals surface area contributed by atoms with Crippen LogP contribution in [0.15, 0.2) is 40.9 Å². The summed E-state index contributed by atoms with van der Waals surface area (Å²) in [5.41, 5.74) is 1.25. The molecule has 23 heavy (non-hydrogen) atoms. The molecule has 0 bridgehead atoms. The zero-order valence-corrected chi connectivity index (χ0v) is 13.4. The average Bonchev–Trinajstić information content (AvgIpc) is 3.05. The Morgan fingerprint density at radius 1 is 1.39 bits per heavy atom. The third-order valence-corrected chi connectivity index (χ3v) is 4.32. The molecule has 1 atom stereocenters. The van der Waals surface area contributed by atoms with E-state index >= 15 is 0 Å². The lowest BCUT2D eigenvalue weighted by atomic mass is 9.77. The van der Waals surface area contributed by atoms with Crippen LogP contribution in [-0.2, 0) is 16.0 Å². The SMILES string of the molecule is CCOC(=O)[C@@]1(Cc2cc(-c3ccccc3)no2)CCCNC1. The van der Waals surface area contributed by atoms with Crippen molar-refractivity contribution in [2.24, 2.45) is 5.41 Å². The molecule has 1 aliphatic rings. The van der Waals surface area contributed by atoms with Gasteiger partial charge in [-0.25, -0.2) is 0 Å². The van der Waals surface area contributed by atoms with Crippen LogP contribution in [0.25, 0.3) is 11.3 Å². The van der Waals surface area contributed by atoms with Crippen molar-refractivity contribution in [1.29, 1.82) is 0 Å². The number of ether oxygens (including phenoxy) is 1. The van der Waals surface area contributed by atoms with Crippen molar-refractivity contribution in [1.82, 2.24) is 10.5 Å². The number of hydrogen-bond donors (Lipinski definition) is 1. The van der Waals surface area contributed by atoms with Gasteiger partial charge in [0.1, 0.15) is 11.5 Å². The average molecular weight is 314 g/mol. The summed E-state index contributed by atoms with van der Waals surface area (Å²) in [4.78, 5) is 12.5. The summed E-state index contributed by atoms with van der Waals surface area (Å²) in [5.74, 6) is 0.575. The van der Waals surface area contributed by atoms with E-state index in [-0.39, 0.29) is 5.97 Å². The zero-order valence-electron chi connectivity index (χ0n) is 13.4. The van der Waals surface area contributed by atoms with Crippen molar-refractivity contribution in [2.75, 3.05) is 19.7 Å². The van der Waals surface area contributed by atoms with Gasteiger partial charge >= 0.3 is 5.97 Å². The Labute approximate surface area is 136 Å². The molecular weight excluding hydrogens is 292 g/mol. The molecule has 0 radical (unpaired) electrons. The van der Waals surface area contributed by atoms with Crippen LogP contribution in [0.4, 0.5) is 0 Å². The van der Waals surface area contributed by atoms with Gasteiger partial charge in [-0.3, -0.25) is 4.79 Å². The second-order valence-electron chi connectivity index (χ2n) is 6.00. The molecule has 1 N–H and O–H groups in total. The third kappa shape index (κ3) is 3.45. The van der Waals surface area contributed by atoms with Crippen molar-refractivity contribution in [2.45, 2.75) is 26.2 Å². The number of hydrogen-bond acceptors (Lipinski definition) is 5. The van der Waals surface area contributed by atoms with Gasteiger partial charge in [-0.15, -0.1) is 0 Å². The number of piperidine rings is 1. The van der Waals surface area contributed by atoms with Crippen LogP contribution in [0.2, 0.25) is 0 Å². The van der Waals surface area contributed by atoms with Crippen LogP contribution in [0, 0.1) is 5.41 Å². The maximum Gasteiger partial charge on any atom is 0.313 e. The van der Waals surface area contributed by atoms with E-state index in [1.165, 1.54) is 0 Å². The summed E-state index contributed by atoms with van der Waals surface area (Å²) in [6.07, 6.45) is 2.28. The molecule has 2 aromatic rings. The molecule has 0 unspecified atom stereocenters. The first-order valence-electron chi connectivity index (χ1n) is 8.12. The van der Waals surface area contributed by atoms with Crippen LogP contribution in [0.3, 0.4) is 0 Å². The molecule has 1 fully saturated rings. The molecule has 1 saturated heterocycles. The lowest BCUT2D eigenvalue weighted by molar-refractivity contribution is -0.156. The van der Waals surface area contributed by atoms with Gasteiger partial charge < -0.3 is 14.6 Å². The highest BCUT2D eigenvalue weighted by atomic mass is 16.5. The monoisotopic (exact) mass is 314 g/mol. The van der Waals surface area contributed by atoms with E-state index in [9.17, 15) is 4.79 Å². The highest BCUT2D eigenvalue weighted by Crippen LogP contribution is 2.33. The number of nitrogens with zero attached hydrogens (tertiary/aromatic N) is 1. The zero-order chi connectivity index (χ0) is 16.1. The molecule has 0 spiro atoms. The Morgan fingerprint density at radius 2 is 2.22 bits per heavy atom.